The van der Waals surface area contributed by atoms with Crippen LogP contribution in [0.15, 0.2) is 84.9 Å². The van der Waals surface area contributed by atoms with Crippen molar-refractivity contribution >= 4 is 11.6 Å². The predicted octanol–water partition coefficient (Wildman–Crippen LogP) is 4.38. The van der Waals surface area contributed by atoms with Crippen LogP contribution in [0.25, 0.3) is 0 Å². The van der Waals surface area contributed by atoms with Crippen LogP contribution in [0, 0.1) is 0 Å². The first-order chi connectivity index (χ1) is 13.7. The summed E-state index contributed by atoms with van der Waals surface area (Å²) in [6, 6.07) is 28.0. The van der Waals surface area contributed by atoms with Crippen molar-refractivity contribution in [3.63, 3.8) is 0 Å². The number of likely N-dealkylation sites (N-methyl/N-ethyl adjacent to an activating group) is 1. The molecule has 1 amide bonds. The smallest absolute Gasteiger partial charge is 0.241 e. The van der Waals surface area contributed by atoms with E-state index in [-0.39, 0.29) is 12.5 Å². The van der Waals surface area contributed by atoms with Gasteiger partial charge in [0.1, 0.15) is 5.75 Å². The first kappa shape index (κ1) is 19.5. The van der Waals surface area contributed by atoms with Crippen LogP contribution in [0.4, 0.5) is 5.69 Å². The quantitative estimate of drug-likeness (QED) is 0.604. The van der Waals surface area contributed by atoms with Gasteiger partial charge in [0.05, 0.1) is 13.2 Å². The molecule has 0 aliphatic carbocycles. The van der Waals surface area contributed by atoms with Crippen molar-refractivity contribution in [2.45, 2.75) is 13.0 Å². The van der Waals surface area contributed by atoms with Crippen molar-refractivity contribution in [1.82, 2.24) is 4.90 Å². The van der Waals surface area contributed by atoms with Gasteiger partial charge in [-0.1, -0.05) is 60.7 Å². The summed E-state index contributed by atoms with van der Waals surface area (Å²) in [6.45, 7) is 1.51. The Bertz CT molecular complexity index is 849. The molecule has 4 nitrogen and oxygen atoms in total. The summed E-state index contributed by atoms with van der Waals surface area (Å²) < 4.78 is 5.79. The third kappa shape index (κ3) is 6.16. The van der Waals surface area contributed by atoms with Crippen molar-refractivity contribution < 1.29 is 9.53 Å². The molecule has 0 saturated heterocycles. The number of anilines is 1. The van der Waals surface area contributed by atoms with E-state index in [2.05, 4.69) is 17.4 Å². The van der Waals surface area contributed by atoms with Crippen LogP contribution in [-0.2, 0) is 17.8 Å². The Morgan fingerprint density at radius 1 is 0.857 bits per heavy atom. The van der Waals surface area contributed by atoms with Crippen LogP contribution in [0.2, 0.25) is 0 Å². The third-order valence-electron chi connectivity index (χ3n) is 4.49. The van der Waals surface area contributed by atoms with E-state index in [0.717, 1.165) is 23.4 Å². The SMILES string of the molecule is CN(Cc1ccccc1)C(=O)CNc1ccc(OCCc2ccccc2)cc1. The molecule has 3 aromatic carbocycles. The van der Waals surface area contributed by atoms with E-state index in [9.17, 15) is 4.79 Å². The van der Waals surface area contributed by atoms with Gasteiger partial charge in [-0.05, 0) is 35.4 Å². The number of carbonyl (C=O) groups excluding carboxylic acids is 1. The summed E-state index contributed by atoms with van der Waals surface area (Å²) in [6.07, 6.45) is 0.878. The predicted molar refractivity (Wildman–Crippen MR) is 113 cm³/mol. The molecule has 0 saturated carbocycles. The van der Waals surface area contributed by atoms with Gasteiger partial charge in [-0.3, -0.25) is 4.79 Å². The second-order valence-electron chi connectivity index (χ2n) is 6.70. The van der Waals surface area contributed by atoms with Crippen molar-refractivity contribution in [3.05, 3.63) is 96.1 Å². The van der Waals surface area contributed by atoms with Crippen LogP contribution < -0.4 is 10.1 Å². The molecule has 0 bridgehead atoms. The first-order valence-electron chi connectivity index (χ1n) is 9.49. The average molecular weight is 374 g/mol. The largest absolute Gasteiger partial charge is 0.493 e. The summed E-state index contributed by atoms with van der Waals surface area (Å²) in [5.74, 6) is 0.876. The number of rotatable bonds is 9. The summed E-state index contributed by atoms with van der Waals surface area (Å²) in [5, 5.41) is 3.17. The highest BCUT2D eigenvalue weighted by Gasteiger charge is 2.09. The molecule has 0 aliphatic heterocycles. The summed E-state index contributed by atoms with van der Waals surface area (Å²) in [5.41, 5.74) is 3.28. The summed E-state index contributed by atoms with van der Waals surface area (Å²) >= 11 is 0. The van der Waals surface area contributed by atoms with Crippen LogP contribution in [0.1, 0.15) is 11.1 Å². The maximum Gasteiger partial charge on any atom is 0.241 e. The Hall–Kier alpha value is -3.27. The van der Waals surface area contributed by atoms with Gasteiger partial charge in [0.2, 0.25) is 5.91 Å². The molecular weight excluding hydrogens is 348 g/mol. The third-order valence-corrected chi connectivity index (χ3v) is 4.49. The molecular formula is C24H26N2O2. The number of amides is 1. The minimum Gasteiger partial charge on any atom is -0.493 e. The molecule has 0 spiro atoms. The topological polar surface area (TPSA) is 41.6 Å². The minimum atomic E-state index is 0.0482. The van der Waals surface area contributed by atoms with Crippen molar-refractivity contribution in [2.75, 3.05) is 25.5 Å². The molecule has 0 heterocycles. The van der Waals surface area contributed by atoms with Crippen LogP contribution in [-0.4, -0.2) is 31.0 Å². The van der Waals surface area contributed by atoms with E-state index in [1.807, 2.05) is 79.8 Å². The van der Waals surface area contributed by atoms with Gasteiger partial charge in [-0.15, -0.1) is 0 Å². The lowest BCUT2D eigenvalue weighted by Crippen LogP contribution is -2.31. The fraction of sp³-hybridized carbons (Fsp3) is 0.208. The molecule has 4 heteroatoms. The van der Waals surface area contributed by atoms with E-state index in [1.165, 1.54) is 5.56 Å². The zero-order chi connectivity index (χ0) is 19.6. The molecule has 28 heavy (non-hydrogen) atoms. The second-order valence-corrected chi connectivity index (χ2v) is 6.70. The lowest BCUT2D eigenvalue weighted by atomic mass is 10.2. The number of hydrogen-bond donors (Lipinski definition) is 1. The van der Waals surface area contributed by atoms with Gasteiger partial charge < -0.3 is 15.0 Å². The molecule has 3 aromatic rings. The molecule has 144 valence electrons. The molecule has 3 rings (SSSR count). The van der Waals surface area contributed by atoms with Crippen LogP contribution in [0.3, 0.4) is 0 Å². The Morgan fingerprint density at radius 2 is 1.46 bits per heavy atom. The number of benzene rings is 3. The van der Waals surface area contributed by atoms with E-state index >= 15 is 0 Å². The monoisotopic (exact) mass is 374 g/mol. The van der Waals surface area contributed by atoms with Crippen molar-refractivity contribution in [2.24, 2.45) is 0 Å². The number of nitrogens with one attached hydrogen (secondary N) is 1. The van der Waals surface area contributed by atoms with Gasteiger partial charge in [-0.25, -0.2) is 0 Å². The van der Waals surface area contributed by atoms with Crippen molar-refractivity contribution in [1.29, 1.82) is 0 Å². The maximum atomic E-state index is 12.3. The fourth-order valence-corrected chi connectivity index (χ4v) is 2.86. The van der Waals surface area contributed by atoms with E-state index < -0.39 is 0 Å². The minimum absolute atomic E-state index is 0.0482. The Morgan fingerprint density at radius 3 is 2.11 bits per heavy atom. The van der Waals surface area contributed by atoms with Gasteiger partial charge in [0, 0.05) is 25.7 Å². The second kappa shape index (κ2) is 10.2. The average Bonchev–Trinajstić information content (AvgIpc) is 2.74. The van der Waals surface area contributed by atoms with E-state index in [0.29, 0.717) is 13.2 Å². The fourth-order valence-electron chi connectivity index (χ4n) is 2.86. The number of hydrogen-bond acceptors (Lipinski definition) is 3. The molecule has 0 radical (unpaired) electrons. The highest BCUT2D eigenvalue weighted by molar-refractivity contribution is 5.80. The van der Waals surface area contributed by atoms with Gasteiger partial charge in [0.15, 0.2) is 0 Å². The number of carbonyl (C=O) groups is 1. The summed E-state index contributed by atoms with van der Waals surface area (Å²) in [7, 11) is 1.82. The van der Waals surface area contributed by atoms with E-state index in [4.69, 9.17) is 4.74 Å². The lowest BCUT2D eigenvalue weighted by Gasteiger charge is -2.18. The molecule has 0 aliphatic rings. The van der Waals surface area contributed by atoms with E-state index in [1.54, 1.807) is 4.90 Å². The Balaban J connectivity index is 1.40. The van der Waals surface area contributed by atoms with Crippen LogP contribution in [0.5, 0.6) is 5.75 Å². The maximum absolute atomic E-state index is 12.3. The highest BCUT2D eigenvalue weighted by Crippen LogP contribution is 2.16. The molecule has 0 aromatic heterocycles. The number of ether oxygens (including phenoxy) is 1. The van der Waals surface area contributed by atoms with Gasteiger partial charge in [0.25, 0.3) is 0 Å². The lowest BCUT2D eigenvalue weighted by molar-refractivity contribution is -0.128. The summed E-state index contributed by atoms with van der Waals surface area (Å²) in [4.78, 5) is 14.0. The molecule has 1 N–H and O–H groups in total. The first-order valence-corrected chi connectivity index (χ1v) is 9.49. The zero-order valence-corrected chi connectivity index (χ0v) is 16.2. The molecule has 0 fully saturated rings. The van der Waals surface area contributed by atoms with Crippen LogP contribution >= 0.6 is 0 Å². The highest BCUT2D eigenvalue weighted by atomic mass is 16.5. The standard InChI is InChI=1S/C24H26N2O2/c1-26(19-21-10-6-3-7-11-21)24(27)18-25-22-12-14-23(15-13-22)28-17-16-20-8-4-2-5-9-20/h2-15,25H,16-19H2,1H3. The Labute approximate surface area is 166 Å². The molecule has 0 unspecified atom stereocenters. The van der Waals surface area contributed by atoms with Gasteiger partial charge >= 0.3 is 0 Å². The Kier molecular flexibility index (Phi) is 7.08. The van der Waals surface area contributed by atoms with Gasteiger partial charge in [-0.2, -0.15) is 0 Å². The zero-order valence-electron chi connectivity index (χ0n) is 16.2. The molecule has 0 atom stereocenters. The normalized spacial score (nSPS) is 10.3. The van der Waals surface area contributed by atoms with Crippen molar-refractivity contribution in [3.8, 4) is 5.75 Å². The number of nitrogens with zero attached hydrogens (tertiary/aromatic N) is 1.